The van der Waals surface area contributed by atoms with Crippen molar-refractivity contribution in [2.24, 2.45) is 0 Å². The summed E-state index contributed by atoms with van der Waals surface area (Å²) in [6.07, 6.45) is 1.84. The molecule has 0 radical (unpaired) electrons. The Morgan fingerprint density at radius 3 is 2.00 bits per heavy atom. The number of anilines is 1. The van der Waals surface area contributed by atoms with Gasteiger partial charge in [0.2, 0.25) is 15.9 Å². The molecule has 0 aromatic heterocycles. The van der Waals surface area contributed by atoms with E-state index < -0.39 is 16.1 Å². The van der Waals surface area contributed by atoms with E-state index in [9.17, 15) is 13.2 Å². The molecule has 0 heterocycles. The summed E-state index contributed by atoms with van der Waals surface area (Å²) in [6.45, 7) is 9.45. The average molecular weight is 403 g/mol. The third-order valence-corrected chi connectivity index (χ3v) is 6.00. The first kappa shape index (κ1) is 22.0. The van der Waals surface area contributed by atoms with E-state index in [0.717, 1.165) is 28.5 Å². The van der Waals surface area contributed by atoms with E-state index in [1.807, 2.05) is 58.0 Å². The van der Waals surface area contributed by atoms with Crippen LogP contribution >= 0.6 is 0 Å². The summed E-state index contributed by atoms with van der Waals surface area (Å²) in [6, 6.07) is 12.5. The molecule has 0 spiro atoms. The maximum absolute atomic E-state index is 13.0. The number of sulfonamides is 1. The summed E-state index contributed by atoms with van der Waals surface area (Å²) in [5.74, 6) is -0.322. The Kier molecular flexibility index (Phi) is 6.88. The van der Waals surface area contributed by atoms with Crippen LogP contribution in [0.3, 0.4) is 0 Å². The first-order chi connectivity index (χ1) is 13.0. The van der Waals surface area contributed by atoms with Crippen molar-refractivity contribution in [3.05, 3.63) is 64.7 Å². The summed E-state index contributed by atoms with van der Waals surface area (Å²) in [5, 5.41) is 3.01. The van der Waals surface area contributed by atoms with Crippen LogP contribution in [0.25, 0.3) is 0 Å². The van der Waals surface area contributed by atoms with Gasteiger partial charge >= 0.3 is 0 Å². The van der Waals surface area contributed by atoms with Gasteiger partial charge in [-0.15, -0.1) is 0 Å². The molecule has 0 aliphatic rings. The van der Waals surface area contributed by atoms with Crippen molar-refractivity contribution in [3.63, 3.8) is 0 Å². The predicted octanol–water partition coefficient (Wildman–Crippen LogP) is 4.03. The first-order valence-corrected chi connectivity index (χ1v) is 11.3. The molecule has 2 unspecified atom stereocenters. The number of carbonyl (C=O) groups excluding carboxylic acids is 1. The zero-order chi connectivity index (χ0) is 21.1. The maximum atomic E-state index is 13.0. The van der Waals surface area contributed by atoms with Crippen molar-refractivity contribution in [1.82, 2.24) is 5.32 Å². The van der Waals surface area contributed by atoms with E-state index in [2.05, 4.69) is 5.32 Å². The molecule has 152 valence electrons. The molecule has 28 heavy (non-hydrogen) atoms. The standard InChI is InChI=1S/C22H30N2O3S/c1-7-21(19-10-8-15(2)9-11-19)23-22(25)18(5)24(28(6,26)27)20-13-16(3)12-17(4)14-20/h8-14,18,21H,7H2,1-6H3,(H,23,25). The summed E-state index contributed by atoms with van der Waals surface area (Å²) in [4.78, 5) is 13.0. The molecule has 0 fully saturated rings. The third-order valence-electron chi connectivity index (χ3n) is 4.75. The molecule has 0 aliphatic heterocycles. The number of carbonyl (C=O) groups is 1. The number of benzene rings is 2. The van der Waals surface area contributed by atoms with Crippen molar-refractivity contribution >= 4 is 21.6 Å². The van der Waals surface area contributed by atoms with Gasteiger partial charge in [0.05, 0.1) is 18.0 Å². The van der Waals surface area contributed by atoms with Gasteiger partial charge in [-0.05, 0) is 62.9 Å². The van der Waals surface area contributed by atoms with Gasteiger partial charge in [0.25, 0.3) is 0 Å². The van der Waals surface area contributed by atoms with Gasteiger partial charge in [-0.2, -0.15) is 0 Å². The maximum Gasteiger partial charge on any atom is 0.244 e. The number of nitrogens with zero attached hydrogens (tertiary/aromatic N) is 1. The lowest BCUT2D eigenvalue weighted by Gasteiger charge is -2.30. The van der Waals surface area contributed by atoms with Crippen molar-refractivity contribution in [2.75, 3.05) is 10.6 Å². The highest BCUT2D eigenvalue weighted by Crippen LogP contribution is 2.25. The van der Waals surface area contributed by atoms with Crippen LogP contribution in [0.15, 0.2) is 42.5 Å². The van der Waals surface area contributed by atoms with Crippen LogP contribution in [-0.2, 0) is 14.8 Å². The molecular formula is C22H30N2O3S. The highest BCUT2D eigenvalue weighted by molar-refractivity contribution is 7.92. The second-order valence-electron chi connectivity index (χ2n) is 7.46. The number of amides is 1. The number of nitrogens with one attached hydrogen (secondary N) is 1. The fraction of sp³-hybridized carbons (Fsp3) is 0.409. The van der Waals surface area contributed by atoms with Crippen molar-refractivity contribution in [2.45, 2.75) is 53.1 Å². The van der Waals surface area contributed by atoms with Crippen molar-refractivity contribution in [1.29, 1.82) is 0 Å². The zero-order valence-corrected chi connectivity index (χ0v) is 18.3. The minimum atomic E-state index is -3.64. The summed E-state index contributed by atoms with van der Waals surface area (Å²) in [5.41, 5.74) is 4.55. The second-order valence-corrected chi connectivity index (χ2v) is 9.32. The van der Waals surface area contributed by atoms with Gasteiger partial charge in [-0.3, -0.25) is 9.10 Å². The fourth-order valence-electron chi connectivity index (χ4n) is 3.40. The molecule has 0 saturated carbocycles. The lowest BCUT2D eigenvalue weighted by atomic mass is 10.0. The molecule has 0 aliphatic carbocycles. The predicted molar refractivity (Wildman–Crippen MR) is 115 cm³/mol. The summed E-state index contributed by atoms with van der Waals surface area (Å²) in [7, 11) is -3.64. The van der Waals surface area contributed by atoms with Gasteiger partial charge in [0.1, 0.15) is 6.04 Å². The van der Waals surface area contributed by atoms with E-state index in [4.69, 9.17) is 0 Å². The van der Waals surface area contributed by atoms with E-state index in [0.29, 0.717) is 12.1 Å². The number of hydrogen-bond donors (Lipinski definition) is 1. The van der Waals surface area contributed by atoms with Gasteiger partial charge in [0.15, 0.2) is 0 Å². The Bertz CT molecular complexity index is 917. The van der Waals surface area contributed by atoms with Crippen LogP contribution in [0.5, 0.6) is 0 Å². The second kappa shape index (κ2) is 8.78. The average Bonchev–Trinajstić information content (AvgIpc) is 2.58. The smallest absolute Gasteiger partial charge is 0.244 e. The normalized spacial score (nSPS) is 13.6. The molecule has 0 bridgehead atoms. The molecular weight excluding hydrogens is 372 g/mol. The Morgan fingerprint density at radius 2 is 1.54 bits per heavy atom. The zero-order valence-electron chi connectivity index (χ0n) is 17.5. The molecule has 2 aromatic carbocycles. The Morgan fingerprint density at radius 1 is 1.00 bits per heavy atom. The van der Waals surface area contributed by atoms with Crippen molar-refractivity contribution in [3.8, 4) is 0 Å². The van der Waals surface area contributed by atoms with Crippen molar-refractivity contribution < 1.29 is 13.2 Å². The van der Waals surface area contributed by atoms with Gasteiger partial charge in [-0.1, -0.05) is 42.8 Å². The summed E-state index contributed by atoms with van der Waals surface area (Å²) < 4.78 is 26.2. The number of rotatable bonds is 7. The van der Waals surface area contributed by atoms with Crippen LogP contribution in [0, 0.1) is 20.8 Å². The molecule has 2 rings (SSSR count). The minimum absolute atomic E-state index is 0.170. The van der Waals surface area contributed by atoms with Crippen LogP contribution in [-0.4, -0.2) is 26.6 Å². The lowest BCUT2D eigenvalue weighted by molar-refractivity contribution is -0.122. The molecule has 2 atom stereocenters. The highest BCUT2D eigenvalue weighted by atomic mass is 32.2. The summed E-state index contributed by atoms with van der Waals surface area (Å²) >= 11 is 0. The SMILES string of the molecule is CCC(NC(=O)C(C)N(c1cc(C)cc(C)c1)S(C)(=O)=O)c1ccc(C)cc1. The Balaban J connectivity index is 2.31. The number of hydrogen-bond acceptors (Lipinski definition) is 3. The lowest BCUT2D eigenvalue weighted by Crippen LogP contribution is -2.48. The quantitative estimate of drug-likeness (QED) is 0.760. The number of aryl methyl sites for hydroxylation is 3. The largest absolute Gasteiger partial charge is 0.347 e. The Labute approximate surface area is 168 Å². The van der Waals surface area contributed by atoms with Crippen LogP contribution in [0.2, 0.25) is 0 Å². The van der Waals surface area contributed by atoms with Gasteiger partial charge in [-0.25, -0.2) is 8.42 Å². The molecule has 0 saturated heterocycles. The van der Waals surface area contributed by atoms with Crippen LogP contribution in [0.4, 0.5) is 5.69 Å². The molecule has 5 nitrogen and oxygen atoms in total. The van der Waals surface area contributed by atoms with Crippen LogP contribution in [0.1, 0.15) is 48.6 Å². The topological polar surface area (TPSA) is 66.5 Å². The van der Waals surface area contributed by atoms with E-state index >= 15 is 0 Å². The van der Waals surface area contributed by atoms with Crippen LogP contribution < -0.4 is 9.62 Å². The molecule has 1 N–H and O–H groups in total. The molecule has 1 amide bonds. The minimum Gasteiger partial charge on any atom is -0.347 e. The molecule has 6 heteroatoms. The third kappa shape index (κ3) is 5.35. The van der Waals surface area contributed by atoms with E-state index in [-0.39, 0.29) is 11.9 Å². The highest BCUT2D eigenvalue weighted by Gasteiger charge is 2.30. The monoisotopic (exact) mass is 402 g/mol. The van der Waals surface area contributed by atoms with Gasteiger partial charge in [0, 0.05) is 0 Å². The Hall–Kier alpha value is -2.34. The van der Waals surface area contributed by atoms with Gasteiger partial charge < -0.3 is 5.32 Å². The van der Waals surface area contributed by atoms with E-state index in [1.54, 1.807) is 19.1 Å². The van der Waals surface area contributed by atoms with E-state index in [1.165, 1.54) is 4.31 Å². The molecule has 2 aromatic rings. The fourth-order valence-corrected chi connectivity index (χ4v) is 4.56. The first-order valence-electron chi connectivity index (χ1n) is 9.47.